The van der Waals surface area contributed by atoms with Crippen molar-refractivity contribution in [1.82, 2.24) is 9.55 Å². The smallest absolute Gasteiger partial charge is 0.227 e. The Kier molecular flexibility index (Phi) is 4.34. The highest BCUT2D eigenvalue weighted by Gasteiger charge is 2.39. The quantitative estimate of drug-likeness (QED) is 0.772. The highest BCUT2D eigenvalue weighted by molar-refractivity contribution is 5.92. The van der Waals surface area contributed by atoms with E-state index in [4.69, 9.17) is 4.98 Å². The molecule has 27 heavy (non-hydrogen) atoms. The molecule has 4 rings (SSSR count). The third-order valence-corrected chi connectivity index (χ3v) is 6.39. The first-order valence-electron chi connectivity index (χ1n) is 10.2. The largest absolute Gasteiger partial charge is 0.386 e. The standard InChI is InChI=1S/C22H31N3O2/c1-21(2,14-8-9-14)13-19(26)24-20-23-17-11-10-15(22(3,4)27)12-18(17)25(20)16-6-5-7-16/h10-12,14,16,27H,5-9,13H2,1-4H3,(H,23,24,26). The Morgan fingerprint density at radius 3 is 2.48 bits per heavy atom. The fraction of sp³-hybridized carbons (Fsp3) is 0.636. The van der Waals surface area contributed by atoms with Gasteiger partial charge >= 0.3 is 0 Å². The van der Waals surface area contributed by atoms with E-state index in [-0.39, 0.29) is 11.3 Å². The minimum Gasteiger partial charge on any atom is -0.386 e. The topological polar surface area (TPSA) is 67.2 Å². The van der Waals surface area contributed by atoms with Gasteiger partial charge in [-0.1, -0.05) is 19.9 Å². The van der Waals surface area contributed by atoms with Crippen molar-refractivity contribution in [3.63, 3.8) is 0 Å². The maximum Gasteiger partial charge on any atom is 0.227 e. The van der Waals surface area contributed by atoms with Crippen molar-refractivity contribution in [2.24, 2.45) is 11.3 Å². The molecule has 1 aromatic heterocycles. The van der Waals surface area contributed by atoms with Crippen LogP contribution in [0, 0.1) is 11.3 Å². The summed E-state index contributed by atoms with van der Waals surface area (Å²) in [4.78, 5) is 17.5. The second kappa shape index (κ2) is 6.33. The number of amides is 1. The van der Waals surface area contributed by atoms with Crippen molar-refractivity contribution >= 4 is 22.9 Å². The molecule has 2 N–H and O–H groups in total. The number of aromatic nitrogens is 2. The van der Waals surface area contributed by atoms with Crippen molar-refractivity contribution in [2.45, 2.75) is 77.9 Å². The number of anilines is 1. The van der Waals surface area contributed by atoms with Gasteiger partial charge in [0.1, 0.15) is 0 Å². The van der Waals surface area contributed by atoms with E-state index < -0.39 is 5.60 Å². The first-order chi connectivity index (χ1) is 12.6. The minimum atomic E-state index is -0.902. The highest BCUT2D eigenvalue weighted by Crippen LogP contribution is 2.47. The molecule has 146 valence electrons. The van der Waals surface area contributed by atoms with Gasteiger partial charge in [-0.15, -0.1) is 0 Å². The molecular weight excluding hydrogens is 338 g/mol. The SMILES string of the molecule is CC(C)(O)c1ccc2nc(NC(=O)CC(C)(C)C3CC3)n(C3CCC3)c2c1. The number of nitrogens with zero attached hydrogens (tertiary/aromatic N) is 2. The Morgan fingerprint density at radius 1 is 1.22 bits per heavy atom. The molecule has 0 bridgehead atoms. The molecule has 0 atom stereocenters. The molecule has 5 nitrogen and oxygen atoms in total. The molecule has 0 spiro atoms. The van der Waals surface area contributed by atoms with Crippen LogP contribution in [0.15, 0.2) is 18.2 Å². The molecule has 2 aliphatic carbocycles. The number of carbonyl (C=O) groups is 1. The third kappa shape index (κ3) is 3.62. The van der Waals surface area contributed by atoms with Crippen LogP contribution in [0.3, 0.4) is 0 Å². The summed E-state index contributed by atoms with van der Waals surface area (Å²) in [6.45, 7) is 7.96. The molecule has 5 heteroatoms. The van der Waals surface area contributed by atoms with Gasteiger partial charge in [0.05, 0.1) is 16.6 Å². The van der Waals surface area contributed by atoms with Crippen LogP contribution in [0.1, 0.15) is 77.8 Å². The van der Waals surface area contributed by atoms with Crippen LogP contribution < -0.4 is 5.32 Å². The predicted molar refractivity (Wildman–Crippen MR) is 108 cm³/mol. The zero-order chi connectivity index (χ0) is 19.4. The predicted octanol–water partition coefficient (Wildman–Crippen LogP) is 4.75. The van der Waals surface area contributed by atoms with Crippen LogP contribution in [0.2, 0.25) is 0 Å². The van der Waals surface area contributed by atoms with Gasteiger partial charge in [-0.2, -0.15) is 0 Å². The van der Waals surface area contributed by atoms with Crippen molar-refractivity contribution in [3.8, 4) is 0 Å². The number of carbonyl (C=O) groups excluding carboxylic acids is 1. The fourth-order valence-electron chi connectivity index (χ4n) is 4.17. The first-order valence-corrected chi connectivity index (χ1v) is 10.2. The van der Waals surface area contributed by atoms with Crippen LogP contribution in [-0.4, -0.2) is 20.6 Å². The van der Waals surface area contributed by atoms with Gasteiger partial charge in [0.25, 0.3) is 0 Å². The van der Waals surface area contributed by atoms with E-state index in [1.165, 1.54) is 19.3 Å². The van der Waals surface area contributed by atoms with Crippen molar-refractivity contribution in [2.75, 3.05) is 5.32 Å². The summed E-state index contributed by atoms with van der Waals surface area (Å²) in [7, 11) is 0. The molecule has 2 aromatic rings. The summed E-state index contributed by atoms with van der Waals surface area (Å²) < 4.78 is 2.18. The number of aliphatic hydroxyl groups is 1. The molecule has 0 radical (unpaired) electrons. The number of nitrogens with one attached hydrogen (secondary N) is 1. The average Bonchev–Trinajstić information content (AvgIpc) is 3.30. The lowest BCUT2D eigenvalue weighted by molar-refractivity contribution is -0.118. The fourth-order valence-corrected chi connectivity index (χ4v) is 4.17. The van der Waals surface area contributed by atoms with E-state index in [1.54, 1.807) is 13.8 Å². The first kappa shape index (κ1) is 18.5. The monoisotopic (exact) mass is 369 g/mol. The molecule has 0 unspecified atom stereocenters. The van der Waals surface area contributed by atoms with E-state index in [0.717, 1.165) is 29.4 Å². The second-order valence-electron chi connectivity index (χ2n) is 9.64. The lowest BCUT2D eigenvalue weighted by Crippen LogP contribution is -2.26. The van der Waals surface area contributed by atoms with E-state index >= 15 is 0 Å². The lowest BCUT2D eigenvalue weighted by atomic mass is 9.83. The average molecular weight is 370 g/mol. The molecular formula is C22H31N3O2. The molecule has 0 saturated heterocycles. The van der Waals surface area contributed by atoms with Gasteiger partial charge < -0.3 is 9.67 Å². The summed E-state index contributed by atoms with van der Waals surface area (Å²) in [5.41, 5.74) is 1.87. The lowest BCUT2D eigenvalue weighted by Gasteiger charge is -2.30. The van der Waals surface area contributed by atoms with Crippen LogP contribution in [0.4, 0.5) is 5.95 Å². The van der Waals surface area contributed by atoms with E-state index in [2.05, 4.69) is 23.7 Å². The molecule has 1 aromatic carbocycles. The Morgan fingerprint density at radius 2 is 1.93 bits per heavy atom. The summed E-state index contributed by atoms with van der Waals surface area (Å²) in [5, 5.41) is 13.5. The van der Waals surface area contributed by atoms with E-state index in [9.17, 15) is 9.90 Å². The number of hydrogen-bond acceptors (Lipinski definition) is 3. The highest BCUT2D eigenvalue weighted by atomic mass is 16.3. The zero-order valence-corrected chi connectivity index (χ0v) is 16.9. The summed E-state index contributed by atoms with van der Waals surface area (Å²) in [5.74, 6) is 1.37. The second-order valence-corrected chi connectivity index (χ2v) is 9.64. The van der Waals surface area contributed by atoms with Crippen LogP contribution in [0.25, 0.3) is 11.0 Å². The maximum atomic E-state index is 12.7. The minimum absolute atomic E-state index is 0.0468. The van der Waals surface area contributed by atoms with Crippen LogP contribution in [0.5, 0.6) is 0 Å². The summed E-state index contributed by atoms with van der Waals surface area (Å²) in [6, 6.07) is 6.26. The number of imidazole rings is 1. The number of hydrogen-bond donors (Lipinski definition) is 2. The van der Waals surface area contributed by atoms with E-state index in [1.807, 2.05) is 18.2 Å². The Hall–Kier alpha value is -1.88. The number of fused-ring (bicyclic) bond motifs is 1. The van der Waals surface area contributed by atoms with Crippen molar-refractivity contribution < 1.29 is 9.90 Å². The molecule has 1 heterocycles. The molecule has 2 fully saturated rings. The van der Waals surface area contributed by atoms with Gasteiger partial charge in [0, 0.05) is 12.5 Å². The summed E-state index contributed by atoms with van der Waals surface area (Å²) >= 11 is 0. The van der Waals surface area contributed by atoms with Gasteiger partial charge in [-0.05, 0) is 75.0 Å². The summed E-state index contributed by atoms with van der Waals surface area (Å²) in [6.07, 6.45) is 6.42. The van der Waals surface area contributed by atoms with Gasteiger partial charge in [-0.25, -0.2) is 4.98 Å². The molecule has 0 aliphatic heterocycles. The van der Waals surface area contributed by atoms with E-state index in [0.29, 0.717) is 24.3 Å². The van der Waals surface area contributed by atoms with Gasteiger partial charge in [0.15, 0.2) is 0 Å². The maximum absolute atomic E-state index is 12.7. The Bertz CT molecular complexity index is 868. The van der Waals surface area contributed by atoms with Gasteiger partial charge in [0.2, 0.25) is 11.9 Å². The Labute approximate surface area is 161 Å². The third-order valence-electron chi connectivity index (χ3n) is 6.39. The molecule has 1 amide bonds. The van der Waals surface area contributed by atoms with Crippen molar-refractivity contribution in [1.29, 1.82) is 0 Å². The molecule has 2 saturated carbocycles. The van der Waals surface area contributed by atoms with Gasteiger partial charge in [-0.3, -0.25) is 10.1 Å². The van der Waals surface area contributed by atoms with Crippen LogP contribution in [-0.2, 0) is 10.4 Å². The molecule has 2 aliphatic rings. The van der Waals surface area contributed by atoms with Crippen molar-refractivity contribution in [3.05, 3.63) is 23.8 Å². The number of benzene rings is 1. The number of rotatable bonds is 6. The normalized spacial score (nSPS) is 18.6. The zero-order valence-electron chi connectivity index (χ0n) is 16.9. The Balaban J connectivity index is 1.66. The van der Waals surface area contributed by atoms with Crippen LogP contribution >= 0.6 is 0 Å².